The van der Waals surface area contributed by atoms with Crippen LogP contribution in [0, 0.1) is 11.8 Å². The summed E-state index contributed by atoms with van der Waals surface area (Å²) in [5.74, 6) is -0.616. The molecule has 0 aliphatic carbocycles. The predicted molar refractivity (Wildman–Crippen MR) is 96.7 cm³/mol. The van der Waals surface area contributed by atoms with E-state index < -0.39 is 5.91 Å². The highest BCUT2D eigenvalue weighted by Crippen LogP contribution is 2.39. The quantitative estimate of drug-likeness (QED) is 0.240. The van der Waals surface area contributed by atoms with E-state index in [1.165, 1.54) is 0 Å². The zero-order valence-corrected chi connectivity index (χ0v) is 14.8. The lowest BCUT2D eigenvalue weighted by molar-refractivity contribution is -0.129. The summed E-state index contributed by atoms with van der Waals surface area (Å²) in [6, 6.07) is 5.53. The molecule has 0 radical (unpaired) electrons. The van der Waals surface area contributed by atoms with Crippen LogP contribution in [0.4, 0.5) is 5.69 Å². The van der Waals surface area contributed by atoms with Crippen LogP contribution in [0.5, 0.6) is 5.88 Å². The number of hydrogen-bond donors (Lipinski definition) is 3. The maximum Gasteiger partial charge on any atom is 0.243 e. The van der Waals surface area contributed by atoms with E-state index in [1.54, 1.807) is 20.9 Å². The number of hydroxylamine groups is 1. The molecule has 0 bridgehead atoms. The molecule has 3 N–H and O–H groups in total. The van der Waals surface area contributed by atoms with Crippen molar-refractivity contribution >= 4 is 22.5 Å². The number of nitrogens with one attached hydrogen (secondary N) is 1. The maximum atomic E-state index is 11.1. The second-order valence-corrected chi connectivity index (χ2v) is 6.34. The second kappa shape index (κ2) is 7.96. The van der Waals surface area contributed by atoms with Gasteiger partial charge in [0.15, 0.2) is 5.69 Å². The van der Waals surface area contributed by atoms with Gasteiger partial charge in [-0.3, -0.25) is 14.7 Å². The van der Waals surface area contributed by atoms with Crippen LogP contribution in [0.3, 0.4) is 0 Å². The van der Waals surface area contributed by atoms with Gasteiger partial charge in [-0.2, -0.15) is 0 Å². The van der Waals surface area contributed by atoms with Gasteiger partial charge in [0.1, 0.15) is 5.69 Å². The fourth-order valence-corrected chi connectivity index (χ4v) is 2.98. The van der Waals surface area contributed by atoms with Crippen LogP contribution < -0.4 is 5.48 Å². The molecule has 2 aromatic heterocycles. The molecule has 0 aliphatic rings. The Labute approximate surface area is 154 Å². The number of nitrogens with zero attached hydrogens (tertiary/aromatic N) is 5. The smallest absolute Gasteiger partial charge is 0.243 e. The molecular formula is C17H20N6O4. The largest absolute Gasteiger partial charge is 0.493 e. The third-order valence-electron chi connectivity index (χ3n) is 4.33. The molecule has 3 aromatic rings. The van der Waals surface area contributed by atoms with E-state index in [-0.39, 0.29) is 24.5 Å². The topological polar surface area (TPSA) is 135 Å². The van der Waals surface area contributed by atoms with E-state index >= 15 is 0 Å². The van der Waals surface area contributed by atoms with E-state index in [0.717, 1.165) is 5.56 Å². The average molecular weight is 372 g/mol. The molecule has 142 valence electrons. The number of aromatic nitrogens is 4. The summed E-state index contributed by atoms with van der Waals surface area (Å²) in [5.41, 5.74) is 3.89. The van der Waals surface area contributed by atoms with Crippen molar-refractivity contribution in [1.29, 1.82) is 0 Å². The predicted octanol–water partition coefficient (Wildman–Crippen LogP) is 2.37. The average Bonchev–Trinajstić information content (AvgIpc) is 3.21. The van der Waals surface area contributed by atoms with Crippen molar-refractivity contribution in [3.8, 4) is 5.88 Å². The molecule has 10 nitrogen and oxygen atoms in total. The molecule has 2 heterocycles. The normalized spacial score (nSPS) is 11.0. The molecule has 0 spiro atoms. The zero-order valence-electron chi connectivity index (χ0n) is 14.8. The molecule has 0 saturated carbocycles. The van der Waals surface area contributed by atoms with Crippen molar-refractivity contribution in [3.05, 3.63) is 40.6 Å². The van der Waals surface area contributed by atoms with Gasteiger partial charge in [-0.15, -0.1) is 10.0 Å². The number of fused-ring (bicyclic) bond motifs is 1. The lowest BCUT2D eigenvalue weighted by Crippen LogP contribution is -2.18. The number of nitroso groups, excluding NO2 is 1. The molecule has 0 aliphatic heterocycles. The second-order valence-electron chi connectivity index (χ2n) is 6.34. The van der Waals surface area contributed by atoms with Gasteiger partial charge < -0.3 is 9.67 Å². The van der Waals surface area contributed by atoms with Crippen LogP contribution in [-0.4, -0.2) is 35.8 Å². The van der Waals surface area contributed by atoms with Gasteiger partial charge in [0.05, 0.1) is 18.3 Å². The number of unbranched alkanes of at least 4 members (excludes halogenated alkanes) is 1. The van der Waals surface area contributed by atoms with Crippen molar-refractivity contribution in [1.82, 2.24) is 25.0 Å². The molecule has 0 atom stereocenters. The van der Waals surface area contributed by atoms with Gasteiger partial charge in [0, 0.05) is 18.4 Å². The summed E-state index contributed by atoms with van der Waals surface area (Å²) in [4.78, 5) is 22.1. The first kappa shape index (κ1) is 18.5. The monoisotopic (exact) mass is 372 g/mol. The Morgan fingerprint density at radius 1 is 1.33 bits per heavy atom. The zero-order chi connectivity index (χ0) is 19.4. The maximum absolute atomic E-state index is 11.1. The Morgan fingerprint density at radius 3 is 2.89 bits per heavy atom. The highest BCUT2D eigenvalue weighted by Gasteiger charge is 2.18. The Kier molecular flexibility index (Phi) is 5.46. The highest BCUT2D eigenvalue weighted by molar-refractivity contribution is 5.95. The van der Waals surface area contributed by atoms with E-state index in [9.17, 15) is 14.8 Å². The van der Waals surface area contributed by atoms with Crippen molar-refractivity contribution in [3.63, 3.8) is 0 Å². The van der Waals surface area contributed by atoms with Gasteiger partial charge >= 0.3 is 0 Å². The van der Waals surface area contributed by atoms with E-state index in [1.807, 2.05) is 25.1 Å². The van der Waals surface area contributed by atoms with E-state index in [2.05, 4.69) is 15.5 Å². The van der Waals surface area contributed by atoms with Crippen LogP contribution in [0.15, 0.2) is 29.6 Å². The molecule has 0 unspecified atom stereocenters. The Balaban J connectivity index is 1.73. The standard InChI is InChI=1S/C17H20N6O4/c1-11-5-6-14-13(8-11)16(20-27)17(25)23(14)10-12-9-22(21-18-12)7-3-2-4-15(24)19-26/h5-6,8-9,25-26H,2-4,7,10H2,1H3,(H,19,24). The van der Waals surface area contributed by atoms with Crippen LogP contribution in [-0.2, 0) is 17.9 Å². The molecule has 1 aromatic carbocycles. The summed E-state index contributed by atoms with van der Waals surface area (Å²) in [6.07, 6.45) is 3.30. The molecule has 10 heteroatoms. The summed E-state index contributed by atoms with van der Waals surface area (Å²) in [6.45, 7) is 2.72. The van der Waals surface area contributed by atoms with Crippen molar-refractivity contribution in [2.24, 2.45) is 5.18 Å². The van der Waals surface area contributed by atoms with E-state index in [0.29, 0.717) is 36.0 Å². The molecule has 0 fully saturated rings. The van der Waals surface area contributed by atoms with Crippen LogP contribution in [0.2, 0.25) is 0 Å². The Hall–Kier alpha value is -3.27. The van der Waals surface area contributed by atoms with Crippen LogP contribution in [0.1, 0.15) is 30.5 Å². The van der Waals surface area contributed by atoms with Crippen molar-refractivity contribution in [2.45, 2.75) is 39.3 Å². The molecular weight excluding hydrogens is 352 g/mol. The fraction of sp³-hybridized carbons (Fsp3) is 0.353. The summed E-state index contributed by atoms with van der Waals surface area (Å²) >= 11 is 0. The van der Waals surface area contributed by atoms with Gasteiger partial charge in [0.2, 0.25) is 11.8 Å². The Morgan fingerprint density at radius 2 is 2.15 bits per heavy atom. The first-order valence-electron chi connectivity index (χ1n) is 8.50. The number of amides is 1. The molecule has 0 saturated heterocycles. The molecule has 3 rings (SSSR count). The van der Waals surface area contributed by atoms with Gasteiger partial charge in [-0.25, -0.2) is 5.48 Å². The number of benzene rings is 1. The number of aryl methyl sites for hydroxylation is 2. The number of rotatable bonds is 8. The minimum atomic E-state index is -0.418. The highest BCUT2D eigenvalue weighted by atomic mass is 16.5. The number of carbonyl (C=O) groups excluding carboxylic acids is 1. The first-order chi connectivity index (χ1) is 13.0. The summed E-state index contributed by atoms with van der Waals surface area (Å²) in [7, 11) is 0. The minimum absolute atomic E-state index is 0.0169. The minimum Gasteiger partial charge on any atom is -0.493 e. The van der Waals surface area contributed by atoms with Gasteiger partial charge in [-0.05, 0) is 37.1 Å². The van der Waals surface area contributed by atoms with Crippen LogP contribution >= 0.6 is 0 Å². The SMILES string of the molecule is Cc1ccc2c(c1)c(N=O)c(O)n2Cc1cn(CCCCC(=O)NO)nn1. The fourth-order valence-electron chi connectivity index (χ4n) is 2.98. The lowest BCUT2D eigenvalue weighted by Gasteiger charge is -2.04. The third-order valence-corrected chi connectivity index (χ3v) is 4.33. The lowest BCUT2D eigenvalue weighted by atomic mass is 10.1. The summed E-state index contributed by atoms with van der Waals surface area (Å²) in [5, 5.41) is 30.5. The number of carbonyl (C=O) groups is 1. The number of hydrogen-bond acceptors (Lipinski definition) is 7. The van der Waals surface area contributed by atoms with E-state index in [4.69, 9.17) is 5.21 Å². The third kappa shape index (κ3) is 3.95. The van der Waals surface area contributed by atoms with Crippen LogP contribution in [0.25, 0.3) is 10.9 Å². The Bertz CT molecular complexity index is 977. The first-order valence-corrected chi connectivity index (χ1v) is 8.50. The summed E-state index contributed by atoms with van der Waals surface area (Å²) < 4.78 is 3.23. The number of aromatic hydroxyl groups is 1. The van der Waals surface area contributed by atoms with Crippen molar-refractivity contribution in [2.75, 3.05) is 0 Å². The molecule has 27 heavy (non-hydrogen) atoms. The van der Waals surface area contributed by atoms with Crippen molar-refractivity contribution < 1.29 is 15.1 Å². The van der Waals surface area contributed by atoms with Gasteiger partial charge in [-0.1, -0.05) is 16.8 Å². The molecule has 1 amide bonds. The van der Waals surface area contributed by atoms with Gasteiger partial charge in [0.25, 0.3) is 0 Å².